The maximum absolute atomic E-state index is 12.9. The minimum Gasteiger partial charge on any atom is -0.424 e. The minimum absolute atomic E-state index is 0.315. The van der Waals surface area contributed by atoms with Crippen LogP contribution in [0.15, 0.2) is 33.8 Å². The predicted octanol–water partition coefficient (Wildman–Crippen LogP) is 2.04. The first-order valence-electron chi connectivity index (χ1n) is 6.58. The summed E-state index contributed by atoms with van der Waals surface area (Å²) in [6.07, 6.45) is 0.694. The Morgan fingerprint density at radius 3 is 2.55 bits per heavy atom. The fraction of sp³-hybridized carbons (Fsp3) is 0.231. The molecular formula is C13H13FN6OS. The summed E-state index contributed by atoms with van der Waals surface area (Å²) in [6.45, 7) is 1.94. The van der Waals surface area contributed by atoms with E-state index < -0.39 is 0 Å². The van der Waals surface area contributed by atoms with Gasteiger partial charge < -0.3 is 10.3 Å². The number of nitrogens with two attached hydrogens (primary N) is 1. The number of halogens is 1. The summed E-state index contributed by atoms with van der Waals surface area (Å²) in [7, 11) is 0. The topological polar surface area (TPSA) is 95.7 Å². The molecule has 0 aliphatic heterocycles. The van der Waals surface area contributed by atoms with Crippen LogP contribution < -0.4 is 5.84 Å². The second-order valence-electron chi connectivity index (χ2n) is 4.41. The number of nitrogen functional groups attached to an aromatic ring is 1. The average Bonchev–Trinajstić information content (AvgIpc) is 3.13. The second kappa shape index (κ2) is 6.14. The number of nitrogens with zero attached hydrogens (tertiary/aromatic N) is 5. The Hall–Kier alpha value is -2.42. The van der Waals surface area contributed by atoms with E-state index >= 15 is 0 Å². The molecule has 0 unspecified atom stereocenters. The minimum atomic E-state index is -0.315. The molecule has 3 rings (SSSR count). The molecule has 0 amide bonds. The van der Waals surface area contributed by atoms with Gasteiger partial charge in [-0.05, 0) is 24.3 Å². The molecule has 1 aromatic carbocycles. The quantitative estimate of drug-likeness (QED) is 0.567. The van der Waals surface area contributed by atoms with Gasteiger partial charge in [-0.2, -0.15) is 0 Å². The van der Waals surface area contributed by atoms with Gasteiger partial charge in [0.1, 0.15) is 5.82 Å². The van der Waals surface area contributed by atoms with E-state index in [-0.39, 0.29) is 5.82 Å². The lowest BCUT2D eigenvalue weighted by molar-refractivity contribution is 0.469. The Balaban J connectivity index is 1.74. The normalized spacial score (nSPS) is 11.0. The Bertz CT molecular complexity index is 769. The molecule has 114 valence electrons. The number of aryl methyl sites for hydroxylation is 1. The van der Waals surface area contributed by atoms with Crippen LogP contribution in [0.2, 0.25) is 0 Å². The maximum atomic E-state index is 12.9. The zero-order valence-corrected chi connectivity index (χ0v) is 12.5. The summed E-state index contributed by atoms with van der Waals surface area (Å²) >= 11 is 1.34. The van der Waals surface area contributed by atoms with E-state index in [0.717, 1.165) is 0 Å². The smallest absolute Gasteiger partial charge is 0.226 e. The lowest BCUT2D eigenvalue weighted by Crippen LogP contribution is -2.11. The van der Waals surface area contributed by atoms with Crippen molar-refractivity contribution in [3.63, 3.8) is 0 Å². The van der Waals surface area contributed by atoms with Gasteiger partial charge >= 0.3 is 0 Å². The highest BCUT2D eigenvalue weighted by molar-refractivity contribution is 7.98. The van der Waals surface area contributed by atoms with Crippen molar-refractivity contribution in [2.75, 3.05) is 5.84 Å². The first kappa shape index (κ1) is 14.5. The molecule has 2 aromatic heterocycles. The van der Waals surface area contributed by atoms with Crippen molar-refractivity contribution in [2.45, 2.75) is 24.3 Å². The lowest BCUT2D eigenvalue weighted by atomic mass is 10.2. The van der Waals surface area contributed by atoms with Crippen molar-refractivity contribution in [1.82, 2.24) is 25.1 Å². The Labute approximate surface area is 129 Å². The summed E-state index contributed by atoms with van der Waals surface area (Å²) in [5.41, 5.74) is 0.689. The number of rotatable bonds is 5. The Morgan fingerprint density at radius 2 is 1.86 bits per heavy atom. The first-order chi connectivity index (χ1) is 10.7. The summed E-state index contributed by atoms with van der Waals surface area (Å²) < 4.78 is 19.7. The van der Waals surface area contributed by atoms with Crippen LogP contribution in [0.1, 0.15) is 18.7 Å². The molecule has 0 bridgehead atoms. The van der Waals surface area contributed by atoms with Gasteiger partial charge in [0.15, 0.2) is 5.82 Å². The zero-order valence-electron chi connectivity index (χ0n) is 11.7. The fourth-order valence-corrected chi connectivity index (χ4v) is 2.48. The molecule has 0 aliphatic rings. The van der Waals surface area contributed by atoms with Crippen molar-refractivity contribution >= 4 is 11.8 Å². The maximum Gasteiger partial charge on any atom is 0.226 e. The number of hydrogen-bond acceptors (Lipinski definition) is 7. The summed E-state index contributed by atoms with van der Waals surface area (Å²) in [4.78, 5) is 0. The molecule has 0 saturated carbocycles. The molecule has 9 heteroatoms. The average molecular weight is 320 g/mol. The van der Waals surface area contributed by atoms with E-state index in [0.29, 0.717) is 40.5 Å². The van der Waals surface area contributed by atoms with Crippen LogP contribution in [0.3, 0.4) is 0 Å². The van der Waals surface area contributed by atoms with Gasteiger partial charge in [-0.25, -0.2) is 9.07 Å². The van der Waals surface area contributed by atoms with E-state index in [1.165, 1.54) is 28.6 Å². The van der Waals surface area contributed by atoms with Crippen LogP contribution in [0, 0.1) is 5.82 Å². The van der Waals surface area contributed by atoms with Crippen molar-refractivity contribution in [1.29, 1.82) is 0 Å². The van der Waals surface area contributed by atoms with Crippen LogP contribution in [-0.4, -0.2) is 25.1 Å². The molecule has 7 nitrogen and oxygen atoms in total. The van der Waals surface area contributed by atoms with Crippen LogP contribution in [-0.2, 0) is 12.2 Å². The molecule has 2 heterocycles. The fourth-order valence-electron chi connectivity index (χ4n) is 1.79. The second-order valence-corrected chi connectivity index (χ2v) is 5.36. The van der Waals surface area contributed by atoms with Gasteiger partial charge in [-0.15, -0.1) is 20.4 Å². The van der Waals surface area contributed by atoms with Crippen LogP contribution in [0.4, 0.5) is 4.39 Å². The molecule has 2 N–H and O–H groups in total. The van der Waals surface area contributed by atoms with Gasteiger partial charge in [0.2, 0.25) is 16.9 Å². The van der Waals surface area contributed by atoms with Gasteiger partial charge in [0, 0.05) is 12.0 Å². The highest BCUT2D eigenvalue weighted by atomic mass is 32.2. The van der Waals surface area contributed by atoms with Crippen molar-refractivity contribution < 1.29 is 8.81 Å². The number of thioether (sulfide) groups is 1. The molecule has 0 atom stereocenters. The molecule has 0 saturated heterocycles. The Morgan fingerprint density at radius 1 is 1.14 bits per heavy atom. The predicted molar refractivity (Wildman–Crippen MR) is 78.8 cm³/mol. The standard InChI is InChI=1S/C13H13FN6OS/c1-2-10-16-17-11(21-10)7-22-13-19-18-12(20(13)15)8-3-5-9(14)6-4-8/h3-6H,2,7,15H2,1H3. The summed E-state index contributed by atoms with van der Waals surface area (Å²) in [5, 5.41) is 16.4. The molecule has 0 fully saturated rings. The molecular weight excluding hydrogens is 307 g/mol. The number of hydrogen-bond donors (Lipinski definition) is 1. The van der Waals surface area contributed by atoms with Crippen LogP contribution in [0.25, 0.3) is 11.4 Å². The molecule has 3 aromatic rings. The zero-order chi connectivity index (χ0) is 15.5. The van der Waals surface area contributed by atoms with E-state index in [4.69, 9.17) is 10.3 Å². The number of aromatic nitrogens is 5. The van der Waals surface area contributed by atoms with Gasteiger partial charge in [0.05, 0.1) is 5.75 Å². The largest absolute Gasteiger partial charge is 0.424 e. The van der Waals surface area contributed by atoms with Crippen molar-refractivity contribution in [3.8, 4) is 11.4 Å². The summed E-state index contributed by atoms with van der Waals surface area (Å²) in [5.74, 6) is 7.68. The van der Waals surface area contributed by atoms with Crippen LogP contribution >= 0.6 is 11.8 Å². The summed E-state index contributed by atoms with van der Waals surface area (Å²) in [6, 6.07) is 5.90. The third-order valence-corrected chi connectivity index (χ3v) is 3.83. The first-order valence-corrected chi connectivity index (χ1v) is 7.56. The molecule has 0 spiro atoms. The van der Waals surface area contributed by atoms with Gasteiger partial charge in [0.25, 0.3) is 0 Å². The molecule has 22 heavy (non-hydrogen) atoms. The SMILES string of the molecule is CCc1nnc(CSc2nnc(-c3ccc(F)cc3)n2N)o1. The van der Waals surface area contributed by atoms with Gasteiger partial charge in [-0.3, -0.25) is 0 Å². The third-order valence-electron chi connectivity index (χ3n) is 2.90. The molecule has 0 radical (unpaired) electrons. The highest BCUT2D eigenvalue weighted by Crippen LogP contribution is 2.24. The van der Waals surface area contributed by atoms with Crippen LogP contribution in [0.5, 0.6) is 0 Å². The van der Waals surface area contributed by atoms with E-state index in [1.54, 1.807) is 12.1 Å². The highest BCUT2D eigenvalue weighted by Gasteiger charge is 2.14. The van der Waals surface area contributed by atoms with Crippen molar-refractivity contribution in [3.05, 3.63) is 41.9 Å². The monoisotopic (exact) mass is 320 g/mol. The molecule has 0 aliphatic carbocycles. The number of benzene rings is 1. The lowest BCUT2D eigenvalue weighted by Gasteiger charge is -2.02. The van der Waals surface area contributed by atoms with Crippen molar-refractivity contribution in [2.24, 2.45) is 0 Å². The van der Waals surface area contributed by atoms with E-state index in [9.17, 15) is 4.39 Å². The Kier molecular flexibility index (Phi) is 4.05. The van der Waals surface area contributed by atoms with E-state index in [2.05, 4.69) is 20.4 Å². The van der Waals surface area contributed by atoms with E-state index in [1.807, 2.05) is 6.92 Å². The third kappa shape index (κ3) is 2.93. The van der Waals surface area contributed by atoms with Gasteiger partial charge in [-0.1, -0.05) is 18.7 Å².